The number of hydrogen-bond acceptors (Lipinski definition) is 3. The first kappa shape index (κ1) is 13.6. The van der Waals surface area contributed by atoms with E-state index in [0.717, 1.165) is 48.2 Å². The van der Waals surface area contributed by atoms with Gasteiger partial charge in [0.1, 0.15) is 5.75 Å². The van der Waals surface area contributed by atoms with E-state index in [9.17, 15) is 4.79 Å². The molecular weight excluding hydrogens is 242 g/mol. The Hall–Kier alpha value is -1.81. The molecule has 0 spiro atoms. The topological polar surface area (TPSA) is 51.5 Å². The molecule has 0 saturated heterocycles. The van der Waals surface area contributed by atoms with Crippen molar-refractivity contribution in [1.82, 2.24) is 4.57 Å². The van der Waals surface area contributed by atoms with Gasteiger partial charge in [0.15, 0.2) is 6.29 Å². The van der Waals surface area contributed by atoms with E-state index in [1.165, 1.54) is 12.8 Å². The quantitative estimate of drug-likeness (QED) is 0.860. The average molecular weight is 261 g/mol. The Kier molecular flexibility index (Phi) is 4.22. The molecule has 0 unspecified atom stereocenters. The van der Waals surface area contributed by atoms with Crippen LogP contribution in [0.4, 0.5) is 0 Å². The van der Waals surface area contributed by atoms with E-state index >= 15 is 0 Å². The van der Waals surface area contributed by atoms with Crippen molar-refractivity contribution < 1.29 is 14.6 Å². The van der Waals surface area contributed by atoms with Gasteiger partial charge in [-0.2, -0.15) is 0 Å². The number of aliphatic hydroxyl groups is 1. The van der Waals surface area contributed by atoms with E-state index in [1.807, 2.05) is 24.3 Å². The van der Waals surface area contributed by atoms with Gasteiger partial charge in [0.2, 0.25) is 0 Å². The number of rotatable bonds is 4. The van der Waals surface area contributed by atoms with Crippen LogP contribution in [0.25, 0.3) is 10.9 Å². The molecule has 0 aliphatic heterocycles. The molecule has 1 fully saturated rings. The molecule has 0 bridgehead atoms. The summed E-state index contributed by atoms with van der Waals surface area (Å²) in [6.45, 7) is 0.949. The highest BCUT2D eigenvalue weighted by molar-refractivity contribution is 5.89. The van der Waals surface area contributed by atoms with Crippen molar-refractivity contribution in [2.45, 2.75) is 19.4 Å². The summed E-state index contributed by atoms with van der Waals surface area (Å²) in [7, 11) is 2.66. The number of aldehydes is 1. The summed E-state index contributed by atoms with van der Waals surface area (Å²) in [6, 6.07) is 7.89. The van der Waals surface area contributed by atoms with Crippen LogP contribution in [0.5, 0.6) is 5.75 Å². The molecule has 1 aliphatic carbocycles. The average Bonchev–Trinajstić information content (AvgIpc) is 3.22. The lowest BCUT2D eigenvalue weighted by Crippen LogP contribution is -2.03. The molecule has 0 radical (unpaired) electrons. The van der Waals surface area contributed by atoms with Gasteiger partial charge < -0.3 is 14.4 Å². The number of carbonyl (C=O) groups excluding carboxylic acids is 1. The lowest BCUT2D eigenvalue weighted by Gasteiger charge is -2.07. The molecule has 1 aliphatic rings. The minimum atomic E-state index is 0.746. The van der Waals surface area contributed by atoms with Crippen molar-refractivity contribution >= 4 is 17.2 Å². The third kappa shape index (κ3) is 2.79. The molecule has 19 heavy (non-hydrogen) atoms. The van der Waals surface area contributed by atoms with E-state index in [0.29, 0.717) is 0 Å². The van der Waals surface area contributed by atoms with Crippen LogP contribution in [0.1, 0.15) is 23.3 Å². The molecule has 0 atom stereocenters. The van der Waals surface area contributed by atoms with Gasteiger partial charge in [-0.3, -0.25) is 4.79 Å². The monoisotopic (exact) mass is 261 g/mol. The van der Waals surface area contributed by atoms with Crippen molar-refractivity contribution in [2.75, 3.05) is 14.2 Å². The zero-order valence-electron chi connectivity index (χ0n) is 11.3. The van der Waals surface area contributed by atoms with E-state index in [4.69, 9.17) is 9.84 Å². The highest BCUT2D eigenvalue weighted by atomic mass is 16.5. The second-order valence-electron chi connectivity index (χ2n) is 4.67. The molecule has 1 N–H and O–H groups in total. The van der Waals surface area contributed by atoms with Gasteiger partial charge in [-0.25, -0.2) is 0 Å². The summed E-state index contributed by atoms with van der Waals surface area (Å²) in [5.74, 6) is 1.58. The fourth-order valence-corrected chi connectivity index (χ4v) is 2.24. The van der Waals surface area contributed by atoms with Crippen LogP contribution >= 0.6 is 0 Å². The number of aliphatic hydroxyl groups excluding tert-OH is 1. The zero-order chi connectivity index (χ0) is 13.8. The number of aromatic nitrogens is 1. The number of fused-ring (bicyclic) bond motifs is 1. The summed E-state index contributed by atoms with van der Waals surface area (Å²) in [5.41, 5.74) is 1.86. The standard InChI is InChI=1S/C14H15NO2.CH4O/c1-17-13-5-4-11-6-12(9-16)15(14(11)7-13)8-10-2-3-10;1-2/h4-7,9-10H,2-3,8H2,1H3;2H,1H3. The second-order valence-corrected chi connectivity index (χ2v) is 4.67. The molecule has 2 aromatic rings. The van der Waals surface area contributed by atoms with Gasteiger partial charge in [0.25, 0.3) is 0 Å². The molecule has 102 valence electrons. The van der Waals surface area contributed by atoms with E-state index < -0.39 is 0 Å². The summed E-state index contributed by atoms with van der Waals surface area (Å²) >= 11 is 0. The minimum absolute atomic E-state index is 0.746. The smallest absolute Gasteiger partial charge is 0.166 e. The molecule has 1 aromatic heterocycles. The fourth-order valence-electron chi connectivity index (χ4n) is 2.24. The number of nitrogens with zero attached hydrogens (tertiary/aromatic N) is 1. The largest absolute Gasteiger partial charge is 0.497 e. The van der Waals surface area contributed by atoms with Crippen LogP contribution in [0.3, 0.4) is 0 Å². The van der Waals surface area contributed by atoms with Gasteiger partial charge in [-0.05, 0) is 37.0 Å². The molecular formula is C15H19NO3. The van der Waals surface area contributed by atoms with Crippen LogP contribution in [-0.2, 0) is 6.54 Å². The molecule has 4 nitrogen and oxygen atoms in total. The summed E-state index contributed by atoms with van der Waals surface area (Å²) in [5, 5.41) is 8.11. The maximum atomic E-state index is 11.1. The Balaban J connectivity index is 0.000000637. The first-order chi connectivity index (χ1) is 9.31. The Morgan fingerprint density at radius 1 is 1.37 bits per heavy atom. The number of hydrogen-bond donors (Lipinski definition) is 1. The van der Waals surface area contributed by atoms with Crippen LogP contribution in [0.15, 0.2) is 24.3 Å². The van der Waals surface area contributed by atoms with Gasteiger partial charge in [-0.15, -0.1) is 0 Å². The lowest BCUT2D eigenvalue weighted by molar-refractivity contribution is 0.111. The third-order valence-corrected chi connectivity index (χ3v) is 3.40. The SMILES string of the molecule is CO.COc1ccc2cc(C=O)n(CC3CC3)c2c1. The van der Waals surface area contributed by atoms with Crippen molar-refractivity contribution in [3.63, 3.8) is 0 Å². The number of methoxy groups -OCH3 is 1. The molecule has 3 rings (SSSR count). The van der Waals surface area contributed by atoms with Crippen molar-refractivity contribution in [1.29, 1.82) is 0 Å². The summed E-state index contributed by atoms with van der Waals surface area (Å²) in [4.78, 5) is 11.1. The third-order valence-electron chi connectivity index (χ3n) is 3.40. The predicted octanol–water partition coefficient (Wildman–Crippen LogP) is 2.48. The van der Waals surface area contributed by atoms with Crippen LogP contribution < -0.4 is 4.74 Å². The van der Waals surface area contributed by atoms with E-state index in [1.54, 1.807) is 7.11 Å². The summed E-state index contributed by atoms with van der Waals surface area (Å²) < 4.78 is 7.35. The first-order valence-electron chi connectivity index (χ1n) is 6.39. The minimum Gasteiger partial charge on any atom is -0.497 e. The van der Waals surface area contributed by atoms with E-state index in [-0.39, 0.29) is 0 Å². The highest BCUT2D eigenvalue weighted by Gasteiger charge is 2.23. The lowest BCUT2D eigenvalue weighted by atomic mass is 10.2. The summed E-state index contributed by atoms with van der Waals surface area (Å²) in [6.07, 6.45) is 3.50. The Morgan fingerprint density at radius 3 is 2.68 bits per heavy atom. The van der Waals surface area contributed by atoms with Gasteiger partial charge in [0, 0.05) is 25.1 Å². The number of benzene rings is 1. The number of ether oxygens (including phenoxy) is 1. The van der Waals surface area contributed by atoms with Gasteiger partial charge in [0.05, 0.1) is 18.3 Å². The Labute approximate surface area is 112 Å². The predicted molar refractivity (Wildman–Crippen MR) is 74.7 cm³/mol. The maximum absolute atomic E-state index is 11.1. The Morgan fingerprint density at radius 2 is 2.11 bits per heavy atom. The molecule has 1 aromatic carbocycles. The van der Waals surface area contributed by atoms with Crippen LogP contribution in [-0.4, -0.2) is 30.2 Å². The fraction of sp³-hybridized carbons (Fsp3) is 0.400. The van der Waals surface area contributed by atoms with Crippen molar-refractivity contribution in [2.24, 2.45) is 5.92 Å². The van der Waals surface area contributed by atoms with Gasteiger partial charge >= 0.3 is 0 Å². The van der Waals surface area contributed by atoms with Crippen LogP contribution in [0, 0.1) is 5.92 Å². The molecule has 4 heteroatoms. The van der Waals surface area contributed by atoms with Crippen molar-refractivity contribution in [3.05, 3.63) is 30.0 Å². The first-order valence-corrected chi connectivity index (χ1v) is 6.39. The molecule has 1 saturated carbocycles. The van der Waals surface area contributed by atoms with Gasteiger partial charge in [-0.1, -0.05) is 0 Å². The van der Waals surface area contributed by atoms with E-state index in [2.05, 4.69) is 4.57 Å². The van der Waals surface area contributed by atoms with Crippen molar-refractivity contribution in [3.8, 4) is 5.75 Å². The second kappa shape index (κ2) is 5.89. The normalized spacial score (nSPS) is 13.8. The molecule has 0 amide bonds. The zero-order valence-corrected chi connectivity index (χ0v) is 11.3. The number of carbonyl (C=O) groups is 1. The highest BCUT2D eigenvalue weighted by Crippen LogP contribution is 2.33. The Bertz CT molecular complexity index is 570. The molecule has 1 heterocycles. The maximum Gasteiger partial charge on any atom is 0.166 e. The van der Waals surface area contributed by atoms with Crippen LogP contribution in [0.2, 0.25) is 0 Å².